The lowest BCUT2D eigenvalue weighted by molar-refractivity contribution is -0.120. The van der Waals surface area contributed by atoms with Gasteiger partial charge in [0.25, 0.3) is 5.56 Å². The molecular weight excluding hydrogens is 334 g/mol. The van der Waals surface area contributed by atoms with Crippen LogP contribution >= 0.6 is 11.8 Å². The summed E-state index contributed by atoms with van der Waals surface area (Å²) >= 11 is 1.48. The Kier molecular flexibility index (Phi) is 7.25. The number of benzene rings is 1. The number of carbonyl (C=O) groups excluding carboxylic acids is 1. The third-order valence-electron chi connectivity index (χ3n) is 3.80. The smallest absolute Gasteiger partial charge is 0.255 e. The first-order valence-corrected chi connectivity index (χ1v) is 9.47. The van der Waals surface area contributed by atoms with Crippen molar-refractivity contribution in [2.75, 3.05) is 6.54 Å². The lowest BCUT2D eigenvalue weighted by Gasteiger charge is -2.09. The summed E-state index contributed by atoms with van der Waals surface area (Å²) in [6, 6.07) is 10.0. The number of carbonyl (C=O) groups is 1. The molecule has 25 heavy (non-hydrogen) atoms. The van der Waals surface area contributed by atoms with E-state index in [0.717, 1.165) is 12.2 Å². The molecule has 0 aliphatic heterocycles. The molecule has 0 spiro atoms. The van der Waals surface area contributed by atoms with Gasteiger partial charge < -0.3 is 10.3 Å². The predicted molar refractivity (Wildman–Crippen MR) is 102 cm³/mol. The number of thioether (sulfide) groups is 1. The fraction of sp³-hybridized carbons (Fsp3) is 0.421. The topological polar surface area (TPSA) is 74.8 Å². The van der Waals surface area contributed by atoms with Gasteiger partial charge in [-0.05, 0) is 24.8 Å². The Morgan fingerprint density at radius 1 is 1.28 bits per heavy atom. The molecule has 0 bridgehead atoms. The second-order valence-corrected chi connectivity index (χ2v) is 7.38. The van der Waals surface area contributed by atoms with Crippen molar-refractivity contribution in [3.05, 3.63) is 57.5 Å². The van der Waals surface area contributed by atoms with Gasteiger partial charge in [0, 0.05) is 23.6 Å². The third-order valence-corrected chi connectivity index (χ3v) is 4.74. The van der Waals surface area contributed by atoms with Crippen LogP contribution in [-0.4, -0.2) is 22.4 Å². The van der Waals surface area contributed by atoms with Crippen LogP contribution in [0.3, 0.4) is 0 Å². The number of nitrogens with zero attached hydrogens (tertiary/aromatic N) is 1. The molecule has 0 fully saturated rings. The Hall–Kier alpha value is -2.08. The quantitative estimate of drug-likeness (QED) is 0.561. The number of amides is 1. The molecule has 6 heteroatoms. The summed E-state index contributed by atoms with van der Waals surface area (Å²) < 4.78 is 0. The number of hydrogen-bond acceptors (Lipinski definition) is 4. The van der Waals surface area contributed by atoms with Crippen LogP contribution in [0.25, 0.3) is 0 Å². The van der Waals surface area contributed by atoms with Gasteiger partial charge in [0.05, 0.1) is 6.42 Å². The minimum atomic E-state index is -0.234. The van der Waals surface area contributed by atoms with Crippen molar-refractivity contribution in [1.82, 2.24) is 15.3 Å². The maximum atomic E-state index is 12.3. The molecule has 0 unspecified atom stereocenters. The van der Waals surface area contributed by atoms with Gasteiger partial charge in [-0.3, -0.25) is 9.59 Å². The van der Waals surface area contributed by atoms with Crippen molar-refractivity contribution in [2.24, 2.45) is 5.92 Å². The molecule has 2 rings (SSSR count). The fourth-order valence-corrected chi connectivity index (χ4v) is 3.17. The van der Waals surface area contributed by atoms with Gasteiger partial charge in [-0.1, -0.05) is 55.9 Å². The molecular formula is C19H25N3O2S. The van der Waals surface area contributed by atoms with E-state index >= 15 is 0 Å². The Balaban J connectivity index is 1.97. The molecule has 134 valence electrons. The predicted octanol–water partition coefficient (Wildman–Crippen LogP) is 3.08. The van der Waals surface area contributed by atoms with Gasteiger partial charge in [0.1, 0.15) is 0 Å². The average molecular weight is 359 g/mol. The summed E-state index contributed by atoms with van der Waals surface area (Å²) in [5.74, 6) is 1.13. The summed E-state index contributed by atoms with van der Waals surface area (Å²) in [6.07, 6.45) is 0.990. The first-order chi connectivity index (χ1) is 12.0. The molecule has 0 saturated carbocycles. The first kappa shape index (κ1) is 19.2. The Morgan fingerprint density at radius 2 is 2.00 bits per heavy atom. The van der Waals surface area contributed by atoms with E-state index < -0.39 is 0 Å². The van der Waals surface area contributed by atoms with Gasteiger partial charge >= 0.3 is 0 Å². The van der Waals surface area contributed by atoms with Gasteiger partial charge in [-0.2, -0.15) is 0 Å². The largest absolute Gasteiger partial charge is 0.356 e. The summed E-state index contributed by atoms with van der Waals surface area (Å²) in [7, 11) is 0. The van der Waals surface area contributed by atoms with E-state index in [1.54, 1.807) is 6.92 Å². The van der Waals surface area contributed by atoms with Crippen LogP contribution in [-0.2, 0) is 17.0 Å². The Morgan fingerprint density at radius 3 is 2.64 bits per heavy atom. The highest BCUT2D eigenvalue weighted by atomic mass is 32.2. The fourth-order valence-electron chi connectivity index (χ4n) is 2.31. The summed E-state index contributed by atoms with van der Waals surface area (Å²) in [4.78, 5) is 31.5. The van der Waals surface area contributed by atoms with Crippen molar-refractivity contribution in [3.63, 3.8) is 0 Å². The monoisotopic (exact) mass is 359 g/mol. The van der Waals surface area contributed by atoms with E-state index in [4.69, 9.17) is 0 Å². The number of hydrogen-bond donors (Lipinski definition) is 2. The maximum absolute atomic E-state index is 12.3. The Labute approximate surface area is 152 Å². The number of rotatable bonds is 8. The summed E-state index contributed by atoms with van der Waals surface area (Å²) in [6.45, 7) is 6.62. The van der Waals surface area contributed by atoms with E-state index in [1.165, 1.54) is 17.3 Å². The molecule has 1 amide bonds. The van der Waals surface area contributed by atoms with Gasteiger partial charge in [-0.25, -0.2) is 4.98 Å². The van der Waals surface area contributed by atoms with E-state index in [9.17, 15) is 9.59 Å². The molecule has 0 aliphatic carbocycles. The molecule has 0 saturated heterocycles. The molecule has 0 aliphatic rings. The number of nitrogens with one attached hydrogen (secondary N) is 2. The normalized spacial score (nSPS) is 10.9. The molecule has 1 aromatic heterocycles. The molecule has 2 aromatic rings. The zero-order valence-electron chi connectivity index (χ0n) is 15.0. The summed E-state index contributed by atoms with van der Waals surface area (Å²) in [5.41, 5.74) is 1.98. The second kappa shape index (κ2) is 9.42. The first-order valence-electron chi connectivity index (χ1n) is 8.49. The number of aryl methyl sites for hydroxylation is 1. The highest BCUT2D eigenvalue weighted by Crippen LogP contribution is 2.18. The van der Waals surface area contributed by atoms with E-state index in [2.05, 4.69) is 29.1 Å². The number of H-pyrrole nitrogens is 1. The van der Waals surface area contributed by atoms with E-state index in [1.807, 2.05) is 30.3 Å². The van der Waals surface area contributed by atoms with Crippen molar-refractivity contribution in [2.45, 2.75) is 44.5 Å². The van der Waals surface area contributed by atoms with Crippen LogP contribution in [0.5, 0.6) is 0 Å². The zero-order valence-corrected chi connectivity index (χ0v) is 15.8. The SMILES string of the molecule is Cc1nc(SCc2ccccc2)[nH]c(=O)c1CC(=O)NCCC(C)C. The van der Waals surface area contributed by atoms with Crippen molar-refractivity contribution in [1.29, 1.82) is 0 Å². The Bertz CT molecular complexity index is 757. The average Bonchev–Trinajstić information content (AvgIpc) is 2.57. The minimum absolute atomic E-state index is 0.0654. The molecule has 5 nitrogen and oxygen atoms in total. The third kappa shape index (κ3) is 6.38. The van der Waals surface area contributed by atoms with Crippen molar-refractivity contribution >= 4 is 17.7 Å². The van der Waals surface area contributed by atoms with E-state index in [0.29, 0.717) is 28.9 Å². The van der Waals surface area contributed by atoms with E-state index in [-0.39, 0.29) is 17.9 Å². The van der Waals surface area contributed by atoms with Crippen LogP contribution in [0.15, 0.2) is 40.3 Å². The van der Waals surface area contributed by atoms with Crippen LogP contribution in [0.2, 0.25) is 0 Å². The molecule has 1 heterocycles. The molecule has 1 aromatic carbocycles. The minimum Gasteiger partial charge on any atom is -0.356 e. The van der Waals surface area contributed by atoms with Gasteiger partial charge in [0.2, 0.25) is 5.91 Å². The number of aromatic nitrogens is 2. The van der Waals surface area contributed by atoms with Gasteiger partial charge in [-0.15, -0.1) is 0 Å². The van der Waals surface area contributed by atoms with Crippen LogP contribution in [0.1, 0.15) is 37.1 Å². The van der Waals surface area contributed by atoms with Crippen molar-refractivity contribution < 1.29 is 4.79 Å². The van der Waals surface area contributed by atoms with Crippen LogP contribution in [0.4, 0.5) is 0 Å². The summed E-state index contributed by atoms with van der Waals surface area (Å²) in [5, 5.41) is 3.43. The lowest BCUT2D eigenvalue weighted by Crippen LogP contribution is -2.30. The maximum Gasteiger partial charge on any atom is 0.255 e. The van der Waals surface area contributed by atoms with Gasteiger partial charge in [0.15, 0.2) is 5.16 Å². The zero-order chi connectivity index (χ0) is 18.2. The molecule has 2 N–H and O–H groups in total. The standard InChI is InChI=1S/C19H25N3O2S/c1-13(2)9-10-20-17(23)11-16-14(3)21-19(22-18(16)24)25-12-15-7-5-4-6-8-15/h4-8,13H,9-12H2,1-3H3,(H,20,23)(H,21,22,24). The van der Waals surface area contributed by atoms with Crippen molar-refractivity contribution in [3.8, 4) is 0 Å². The van der Waals surface area contributed by atoms with Crippen LogP contribution in [0, 0.1) is 12.8 Å². The second-order valence-electron chi connectivity index (χ2n) is 6.42. The highest BCUT2D eigenvalue weighted by molar-refractivity contribution is 7.98. The number of aromatic amines is 1. The van der Waals surface area contributed by atoms with Crippen LogP contribution < -0.4 is 10.9 Å². The highest BCUT2D eigenvalue weighted by Gasteiger charge is 2.13. The molecule has 0 radical (unpaired) electrons. The lowest BCUT2D eigenvalue weighted by atomic mass is 10.1. The molecule has 0 atom stereocenters.